The molecule has 0 saturated heterocycles. The van der Waals surface area contributed by atoms with Crippen LogP contribution in [-0.4, -0.2) is 51.9 Å². The minimum atomic E-state index is -2.16. The number of halogens is 3. The fourth-order valence-corrected chi connectivity index (χ4v) is 0.528. The van der Waals surface area contributed by atoms with Crippen molar-refractivity contribution in [3.8, 4) is 0 Å². The summed E-state index contributed by atoms with van der Waals surface area (Å²) in [6, 6.07) is 0. The molecule has 0 atom stereocenters. The van der Waals surface area contributed by atoms with Crippen LogP contribution >= 0.6 is 34.8 Å². The summed E-state index contributed by atoms with van der Waals surface area (Å²) in [5, 5.41) is 23.9. The molecule has 10 heteroatoms. The molecule has 0 aliphatic carbocycles. The van der Waals surface area contributed by atoms with Gasteiger partial charge < -0.3 is 26.2 Å². The van der Waals surface area contributed by atoms with Crippen molar-refractivity contribution in [1.82, 2.24) is 0 Å². The van der Waals surface area contributed by atoms with Crippen molar-refractivity contribution in [2.24, 2.45) is 0 Å². The van der Waals surface area contributed by atoms with E-state index in [0.29, 0.717) is 13.2 Å². The standard InChI is InChI=1S/C4H10O3.C2HCl3O3.Li.H/c5-1-3-7-4-2-6;3-2(4,5)8-1(6)7;;/h5-6H,1-4H2;(H,6,7);;/q;;+1;-1. The predicted octanol–water partition coefficient (Wildman–Crippen LogP) is -1.89. The van der Waals surface area contributed by atoms with Crippen LogP contribution < -0.4 is 18.9 Å². The molecule has 6 nitrogen and oxygen atoms in total. The maximum absolute atomic E-state index is 9.54. The van der Waals surface area contributed by atoms with Gasteiger partial charge in [-0.3, -0.25) is 0 Å². The molecule has 0 rings (SSSR count). The van der Waals surface area contributed by atoms with Crippen LogP contribution in [0, 0.1) is 0 Å². The Morgan fingerprint density at radius 2 is 1.56 bits per heavy atom. The summed E-state index contributed by atoms with van der Waals surface area (Å²) in [4.78, 5) is 9.54. The van der Waals surface area contributed by atoms with E-state index in [9.17, 15) is 4.79 Å². The SMILES string of the molecule is O=C(O)OC(Cl)(Cl)Cl.OCCOCCO.[H-].[Li+]. The maximum atomic E-state index is 9.54. The maximum Gasteiger partial charge on any atom is 1.00 e. The van der Waals surface area contributed by atoms with E-state index in [1.54, 1.807) is 0 Å². The molecule has 16 heavy (non-hydrogen) atoms. The Balaban J connectivity index is -0.0000000896. The topological polar surface area (TPSA) is 96.2 Å². The molecule has 0 aromatic carbocycles. The zero-order valence-electron chi connectivity index (χ0n) is 9.53. The Labute approximate surface area is 121 Å². The third kappa shape index (κ3) is 29.3. The summed E-state index contributed by atoms with van der Waals surface area (Å²) >= 11 is 14.6. The number of aliphatic hydroxyl groups is 2. The van der Waals surface area contributed by atoms with Crippen LogP contribution in [0.2, 0.25) is 0 Å². The molecule has 0 aliphatic rings. The van der Waals surface area contributed by atoms with Gasteiger partial charge in [0.05, 0.1) is 26.4 Å². The molecule has 0 saturated carbocycles. The van der Waals surface area contributed by atoms with Gasteiger partial charge in [-0.1, -0.05) is 0 Å². The predicted molar refractivity (Wildman–Crippen MR) is 55.5 cm³/mol. The molecule has 0 aromatic rings. The Morgan fingerprint density at radius 3 is 1.69 bits per heavy atom. The number of ether oxygens (including phenoxy) is 2. The number of rotatable bonds is 4. The molecule has 0 amide bonds. The van der Waals surface area contributed by atoms with Crippen molar-refractivity contribution in [3.05, 3.63) is 0 Å². The first-order valence-electron chi connectivity index (χ1n) is 3.61. The van der Waals surface area contributed by atoms with E-state index in [4.69, 9.17) is 50.1 Å². The fourth-order valence-electron chi connectivity index (χ4n) is 0.330. The van der Waals surface area contributed by atoms with Gasteiger partial charge in [-0.15, -0.1) is 0 Å². The zero-order chi connectivity index (χ0) is 12.3. The summed E-state index contributed by atoms with van der Waals surface area (Å²) in [7, 11) is 0. The number of carboxylic acid groups (broad SMARTS) is 1. The van der Waals surface area contributed by atoms with E-state index in [-0.39, 0.29) is 33.5 Å². The number of hydrogen-bond acceptors (Lipinski definition) is 5. The van der Waals surface area contributed by atoms with Gasteiger partial charge in [0.2, 0.25) is 0 Å². The van der Waals surface area contributed by atoms with Crippen LogP contribution in [0.4, 0.5) is 4.79 Å². The average Bonchev–Trinajstić information content (AvgIpc) is 2.01. The number of hydrogen-bond donors (Lipinski definition) is 3. The second-order valence-corrected chi connectivity index (χ2v) is 4.05. The first-order chi connectivity index (χ1) is 6.83. The van der Waals surface area contributed by atoms with E-state index in [1.807, 2.05) is 0 Å². The third-order valence-corrected chi connectivity index (χ3v) is 0.906. The third-order valence-electron chi connectivity index (χ3n) is 0.674. The quantitative estimate of drug-likeness (QED) is 0.243. The first kappa shape index (κ1) is 21.9. The van der Waals surface area contributed by atoms with E-state index in [2.05, 4.69) is 9.47 Å². The normalized spacial score (nSPS) is 9.56. The Morgan fingerprint density at radius 1 is 1.19 bits per heavy atom. The van der Waals surface area contributed by atoms with Crippen LogP contribution in [0.5, 0.6) is 0 Å². The Kier molecular flexibility index (Phi) is 18.7. The van der Waals surface area contributed by atoms with Crippen LogP contribution in [0.25, 0.3) is 0 Å². The molecular weight excluding hydrogens is 281 g/mol. The smallest absolute Gasteiger partial charge is 1.00 e. The first-order valence-corrected chi connectivity index (χ1v) is 4.75. The van der Waals surface area contributed by atoms with Gasteiger partial charge in [0.25, 0.3) is 0 Å². The summed E-state index contributed by atoms with van der Waals surface area (Å²) in [6.45, 7) is 0.696. The van der Waals surface area contributed by atoms with Crippen LogP contribution in [0.3, 0.4) is 0 Å². The largest absolute Gasteiger partial charge is 1.00 e. The number of alkyl halides is 3. The molecule has 0 bridgehead atoms. The average molecular weight is 293 g/mol. The van der Waals surface area contributed by atoms with Gasteiger partial charge in [-0.25, -0.2) is 4.79 Å². The zero-order valence-corrected chi connectivity index (χ0v) is 10.8. The summed E-state index contributed by atoms with van der Waals surface area (Å²) in [5.74, 6) is 0. The molecule has 94 valence electrons. The van der Waals surface area contributed by atoms with Gasteiger partial charge in [0, 0.05) is 0 Å². The van der Waals surface area contributed by atoms with Gasteiger partial charge in [0.15, 0.2) is 0 Å². The van der Waals surface area contributed by atoms with Crippen molar-refractivity contribution in [2.45, 2.75) is 3.98 Å². The van der Waals surface area contributed by atoms with Gasteiger partial charge in [-0.2, -0.15) is 0 Å². The Bertz CT molecular complexity index is 166. The second-order valence-electron chi connectivity index (χ2n) is 1.87. The second kappa shape index (κ2) is 13.7. The van der Waals surface area contributed by atoms with E-state index >= 15 is 0 Å². The molecular formula is C6H12Cl3LiO6. The molecule has 0 aliphatic heterocycles. The Hall–Kier alpha value is 0.617. The van der Waals surface area contributed by atoms with E-state index in [0.717, 1.165) is 0 Å². The minimum Gasteiger partial charge on any atom is -1.00 e. The van der Waals surface area contributed by atoms with Crippen molar-refractivity contribution in [1.29, 1.82) is 0 Å². The number of aliphatic hydroxyl groups excluding tert-OH is 2. The summed E-state index contributed by atoms with van der Waals surface area (Å²) in [5.41, 5.74) is 0. The molecule has 0 aromatic heterocycles. The van der Waals surface area contributed by atoms with E-state index < -0.39 is 10.1 Å². The molecule has 0 unspecified atom stereocenters. The molecule has 0 spiro atoms. The van der Waals surface area contributed by atoms with Crippen LogP contribution in [0.1, 0.15) is 1.43 Å². The molecule has 0 fully saturated rings. The number of carbonyl (C=O) groups is 1. The minimum absolute atomic E-state index is 0. The monoisotopic (exact) mass is 292 g/mol. The van der Waals surface area contributed by atoms with Crippen molar-refractivity contribution in [3.63, 3.8) is 0 Å². The van der Waals surface area contributed by atoms with Crippen molar-refractivity contribution >= 4 is 41.0 Å². The van der Waals surface area contributed by atoms with Crippen molar-refractivity contribution in [2.75, 3.05) is 26.4 Å². The summed E-state index contributed by atoms with van der Waals surface area (Å²) < 4.78 is 6.12. The molecule has 0 heterocycles. The van der Waals surface area contributed by atoms with Crippen LogP contribution in [-0.2, 0) is 9.47 Å². The van der Waals surface area contributed by atoms with Gasteiger partial charge in [0.1, 0.15) is 0 Å². The van der Waals surface area contributed by atoms with E-state index in [1.165, 1.54) is 0 Å². The fraction of sp³-hybridized carbons (Fsp3) is 0.833. The van der Waals surface area contributed by atoms with Gasteiger partial charge in [-0.05, 0) is 34.8 Å². The van der Waals surface area contributed by atoms with Gasteiger partial charge >= 0.3 is 29.0 Å². The molecule has 3 N–H and O–H groups in total. The van der Waals surface area contributed by atoms with Crippen molar-refractivity contribution < 1.29 is 49.9 Å². The molecule has 0 radical (unpaired) electrons. The summed E-state index contributed by atoms with van der Waals surface area (Å²) in [6.07, 6.45) is -1.62. The van der Waals surface area contributed by atoms with Crippen LogP contribution in [0.15, 0.2) is 0 Å².